The van der Waals surface area contributed by atoms with Gasteiger partial charge in [-0.2, -0.15) is 0 Å². The lowest BCUT2D eigenvalue weighted by Crippen LogP contribution is -2.34. The summed E-state index contributed by atoms with van der Waals surface area (Å²) in [5, 5.41) is 2.79. The van der Waals surface area contributed by atoms with Crippen molar-refractivity contribution >= 4 is 11.7 Å². The van der Waals surface area contributed by atoms with Crippen molar-refractivity contribution in [1.29, 1.82) is 0 Å². The zero-order valence-electron chi connectivity index (χ0n) is 7.98. The molecule has 0 bridgehead atoms. The largest absolute Gasteiger partial charge is 0.312 e. The van der Waals surface area contributed by atoms with Crippen LogP contribution in [-0.2, 0) is 4.79 Å². The second kappa shape index (κ2) is 3.25. The van der Waals surface area contributed by atoms with Gasteiger partial charge in [-0.25, -0.2) is 0 Å². The quantitative estimate of drug-likeness (QED) is 0.681. The first-order valence-electron chi connectivity index (χ1n) is 4.46. The van der Waals surface area contributed by atoms with E-state index in [1.54, 1.807) is 0 Å². The van der Waals surface area contributed by atoms with E-state index >= 15 is 0 Å². The monoisotopic (exact) mass is 168 g/mol. The van der Waals surface area contributed by atoms with Crippen molar-refractivity contribution < 1.29 is 4.79 Å². The van der Waals surface area contributed by atoms with E-state index in [2.05, 4.69) is 17.2 Å². The Labute approximate surface area is 73.3 Å². The van der Waals surface area contributed by atoms with Crippen molar-refractivity contribution in [3.05, 3.63) is 0 Å². The van der Waals surface area contributed by atoms with Crippen LogP contribution in [0.25, 0.3) is 0 Å². The third-order valence-electron chi connectivity index (χ3n) is 2.00. The number of unbranched alkanes of at least 4 members (excludes halogenated alkanes) is 1. The molecular formula is C9H16N2O. The highest BCUT2D eigenvalue weighted by molar-refractivity contribution is 6.07. The molecule has 1 amide bonds. The van der Waals surface area contributed by atoms with Crippen molar-refractivity contribution in [1.82, 2.24) is 5.32 Å². The Balaban J connectivity index is 2.54. The molecule has 0 spiro atoms. The summed E-state index contributed by atoms with van der Waals surface area (Å²) in [4.78, 5) is 15.5. The first-order valence-corrected chi connectivity index (χ1v) is 4.46. The molecule has 1 heterocycles. The highest BCUT2D eigenvalue weighted by Gasteiger charge is 2.33. The molecule has 0 atom stereocenters. The summed E-state index contributed by atoms with van der Waals surface area (Å²) in [5.74, 6) is 0.875. The van der Waals surface area contributed by atoms with Crippen LogP contribution in [0.4, 0.5) is 0 Å². The van der Waals surface area contributed by atoms with E-state index in [0.29, 0.717) is 0 Å². The Bertz CT molecular complexity index is 219. The summed E-state index contributed by atoms with van der Waals surface area (Å²) in [6, 6.07) is 0. The second-order valence-corrected chi connectivity index (χ2v) is 3.68. The summed E-state index contributed by atoms with van der Waals surface area (Å²) < 4.78 is 0. The molecule has 0 fully saturated rings. The molecule has 1 rings (SSSR count). The van der Waals surface area contributed by atoms with E-state index in [0.717, 1.165) is 25.1 Å². The zero-order valence-corrected chi connectivity index (χ0v) is 7.98. The average Bonchev–Trinajstić information content (AvgIpc) is 2.22. The maximum atomic E-state index is 11.2. The number of amidine groups is 1. The summed E-state index contributed by atoms with van der Waals surface area (Å²) in [7, 11) is 0. The van der Waals surface area contributed by atoms with E-state index in [4.69, 9.17) is 0 Å². The van der Waals surface area contributed by atoms with Crippen LogP contribution < -0.4 is 5.32 Å². The van der Waals surface area contributed by atoms with Gasteiger partial charge in [0.1, 0.15) is 11.4 Å². The molecule has 0 saturated heterocycles. The fraction of sp³-hybridized carbons (Fsp3) is 0.778. The van der Waals surface area contributed by atoms with Gasteiger partial charge in [0.15, 0.2) is 0 Å². The standard InChI is InChI=1S/C9H16N2O/c1-4-5-6-7-10-8(12)9(2,3)11-7/h4-6H2,1-3H3,(H,10,11,12). The molecule has 1 N–H and O–H groups in total. The Morgan fingerprint density at radius 1 is 1.50 bits per heavy atom. The molecule has 0 aliphatic carbocycles. The van der Waals surface area contributed by atoms with Crippen LogP contribution in [0, 0.1) is 0 Å². The van der Waals surface area contributed by atoms with E-state index in [1.165, 1.54) is 0 Å². The molecule has 0 aromatic carbocycles. The minimum absolute atomic E-state index is 0.0219. The smallest absolute Gasteiger partial charge is 0.252 e. The van der Waals surface area contributed by atoms with Crippen LogP contribution in [0.1, 0.15) is 40.0 Å². The Morgan fingerprint density at radius 2 is 2.17 bits per heavy atom. The van der Waals surface area contributed by atoms with E-state index in [1.807, 2.05) is 13.8 Å². The van der Waals surface area contributed by atoms with Crippen LogP contribution in [0.3, 0.4) is 0 Å². The lowest BCUT2D eigenvalue weighted by atomic mass is 10.1. The third-order valence-corrected chi connectivity index (χ3v) is 2.00. The Kier molecular flexibility index (Phi) is 2.50. The summed E-state index contributed by atoms with van der Waals surface area (Å²) in [5.41, 5.74) is -0.539. The maximum absolute atomic E-state index is 11.2. The molecule has 3 nitrogen and oxygen atoms in total. The predicted octanol–water partition coefficient (Wildman–Crippen LogP) is 1.48. The van der Waals surface area contributed by atoms with Crippen LogP contribution in [0.15, 0.2) is 4.99 Å². The van der Waals surface area contributed by atoms with Gasteiger partial charge in [-0.05, 0) is 20.3 Å². The molecule has 12 heavy (non-hydrogen) atoms. The lowest BCUT2D eigenvalue weighted by molar-refractivity contribution is -0.122. The second-order valence-electron chi connectivity index (χ2n) is 3.68. The predicted molar refractivity (Wildman–Crippen MR) is 49.2 cm³/mol. The summed E-state index contributed by atoms with van der Waals surface area (Å²) in [6.07, 6.45) is 3.12. The topological polar surface area (TPSA) is 41.5 Å². The number of aliphatic imine (C=N–C) groups is 1. The van der Waals surface area contributed by atoms with Gasteiger partial charge in [0.25, 0.3) is 5.91 Å². The molecule has 0 unspecified atom stereocenters. The Morgan fingerprint density at radius 3 is 2.58 bits per heavy atom. The van der Waals surface area contributed by atoms with Gasteiger partial charge in [-0.3, -0.25) is 9.79 Å². The SMILES string of the molecule is CCCCC1=NC(C)(C)C(=O)N1. The van der Waals surface area contributed by atoms with Gasteiger partial charge in [-0.15, -0.1) is 0 Å². The van der Waals surface area contributed by atoms with Gasteiger partial charge in [0, 0.05) is 6.42 Å². The van der Waals surface area contributed by atoms with Crippen LogP contribution in [0.5, 0.6) is 0 Å². The number of nitrogens with zero attached hydrogens (tertiary/aromatic N) is 1. The van der Waals surface area contributed by atoms with Gasteiger partial charge >= 0.3 is 0 Å². The fourth-order valence-corrected chi connectivity index (χ4v) is 1.16. The van der Waals surface area contributed by atoms with E-state index in [-0.39, 0.29) is 5.91 Å². The number of amides is 1. The first kappa shape index (κ1) is 9.23. The summed E-state index contributed by atoms with van der Waals surface area (Å²) in [6.45, 7) is 5.80. The minimum atomic E-state index is -0.539. The maximum Gasteiger partial charge on any atom is 0.252 e. The fourth-order valence-electron chi connectivity index (χ4n) is 1.16. The molecule has 68 valence electrons. The van der Waals surface area contributed by atoms with Crippen LogP contribution in [-0.4, -0.2) is 17.3 Å². The minimum Gasteiger partial charge on any atom is -0.312 e. The molecule has 0 aromatic rings. The number of carbonyl (C=O) groups excluding carboxylic acids is 1. The summed E-state index contributed by atoms with van der Waals surface area (Å²) >= 11 is 0. The third kappa shape index (κ3) is 1.84. The number of nitrogens with one attached hydrogen (secondary N) is 1. The van der Waals surface area contributed by atoms with Crippen molar-refractivity contribution in [2.24, 2.45) is 4.99 Å². The normalized spacial score (nSPS) is 20.6. The van der Waals surface area contributed by atoms with Gasteiger partial charge < -0.3 is 5.32 Å². The van der Waals surface area contributed by atoms with Crippen LogP contribution >= 0.6 is 0 Å². The highest BCUT2D eigenvalue weighted by Crippen LogP contribution is 2.16. The number of carbonyl (C=O) groups is 1. The van der Waals surface area contributed by atoms with Crippen molar-refractivity contribution in [2.45, 2.75) is 45.6 Å². The van der Waals surface area contributed by atoms with Crippen molar-refractivity contribution in [3.63, 3.8) is 0 Å². The number of hydrogen-bond acceptors (Lipinski definition) is 2. The number of hydrogen-bond donors (Lipinski definition) is 1. The first-order chi connectivity index (χ1) is 5.56. The molecule has 0 radical (unpaired) electrons. The molecule has 0 aromatic heterocycles. The van der Waals surface area contributed by atoms with Crippen molar-refractivity contribution in [2.75, 3.05) is 0 Å². The number of rotatable bonds is 3. The lowest BCUT2D eigenvalue weighted by Gasteiger charge is -2.07. The van der Waals surface area contributed by atoms with Gasteiger partial charge in [0.2, 0.25) is 0 Å². The Hall–Kier alpha value is -0.860. The van der Waals surface area contributed by atoms with E-state index in [9.17, 15) is 4.79 Å². The molecular weight excluding hydrogens is 152 g/mol. The van der Waals surface area contributed by atoms with Gasteiger partial charge in [0.05, 0.1) is 0 Å². The molecule has 1 aliphatic heterocycles. The van der Waals surface area contributed by atoms with Crippen LogP contribution in [0.2, 0.25) is 0 Å². The average molecular weight is 168 g/mol. The molecule has 3 heteroatoms. The highest BCUT2D eigenvalue weighted by atomic mass is 16.2. The zero-order chi connectivity index (χ0) is 9.19. The molecule has 0 saturated carbocycles. The van der Waals surface area contributed by atoms with Gasteiger partial charge in [-0.1, -0.05) is 13.3 Å². The molecule has 1 aliphatic rings. The van der Waals surface area contributed by atoms with E-state index < -0.39 is 5.54 Å². The van der Waals surface area contributed by atoms with Crippen molar-refractivity contribution in [3.8, 4) is 0 Å².